The smallest absolute Gasteiger partial charge is 0.210 e. The number of benzene rings is 3. The Bertz CT molecular complexity index is 1340. The average Bonchev–Trinajstić information content (AvgIpc) is 3.08. The second-order valence-corrected chi connectivity index (χ2v) is 10.2. The van der Waals surface area contributed by atoms with Crippen molar-refractivity contribution in [1.29, 1.82) is 0 Å². The van der Waals surface area contributed by atoms with Crippen LogP contribution < -0.4 is 0 Å². The largest absolute Gasteiger partial charge is 0.310 e. The Hall–Kier alpha value is -2.85. The van der Waals surface area contributed by atoms with Crippen LogP contribution in [0.5, 0.6) is 0 Å². The van der Waals surface area contributed by atoms with Crippen LogP contribution in [0, 0.1) is 0 Å². The molecule has 0 amide bonds. The highest BCUT2D eigenvalue weighted by molar-refractivity contribution is 7.92. The lowest BCUT2D eigenvalue weighted by Crippen LogP contribution is -2.21. The van der Waals surface area contributed by atoms with Crippen molar-refractivity contribution in [3.05, 3.63) is 78.5 Å². The zero-order chi connectivity index (χ0) is 19.7. The number of para-hydroxylation sites is 1. The molecule has 0 unspecified atom stereocenters. The molecule has 1 aromatic heterocycles. The molecule has 0 saturated carbocycles. The highest BCUT2D eigenvalue weighted by Crippen LogP contribution is 2.45. The molecule has 4 heteroatoms. The molecule has 0 fully saturated rings. The third-order valence-corrected chi connectivity index (χ3v) is 7.30. The van der Waals surface area contributed by atoms with Crippen LogP contribution in [-0.2, 0) is 15.3 Å². The molecule has 0 N–H and O–H groups in total. The van der Waals surface area contributed by atoms with Gasteiger partial charge in [-0.2, -0.15) is 0 Å². The Morgan fingerprint density at radius 1 is 0.786 bits per heavy atom. The highest BCUT2D eigenvalue weighted by atomic mass is 32.2. The maximum Gasteiger partial charge on any atom is 0.210 e. The van der Waals surface area contributed by atoms with Gasteiger partial charge in [0.05, 0.1) is 21.0 Å². The summed E-state index contributed by atoms with van der Waals surface area (Å²) in [4.78, 5) is 0.759. The van der Waals surface area contributed by atoms with Crippen molar-refractivity contribution in [1.82, 2.24) is 4.57 Å². The number of aromatic nitrogens is 1. The van der Waals surface area contributed by atoms with E-state index in [1.807, 2.05) is 36.4 Å². The van der Waals surface area contributed by atoms with Gasteiger partial charge in [-0.05, 0) is 35.4 Å². The van der Waals surface area contributed by atoms with Gasteiger partial charge in [0, 0.05) is 16.5 Å². The SMILES string of the molecule is CC(C)(C)c1cc2c(-c3ccccc3)ccc3c2n1-c1ccccc1S3(=O)=O. The van der Waals surface area contributed by atoms with E-state index in [9.17, 15) is 8.42 Å². The molecule has 3 nitrogen and oxygen atoms in total. The average molecular weight is 388 g/mol. The molecule has 28 heavy (non-hydrogen) atoms. The van der Waals surface area contributed by atoms with Crippen LogP contribution in [0.4, 0.5) is 0 Å². The first kappa shape index (κ1) is 17.3. The Kier molecular flexibility index (Phi) is 3.44. The summed E-state index contributed by atoms with van der Waals surface area (Å²) in [5.41, 5.74) is 4.62. The topological polar surface area (TPSA) is 39.1 Å². The summed E-state index contributed by atoms with van der Waals surface area (Å²) in [6, 6.07) is 23.3. The quantitative estimate of drug-likeness (QED) is 0.368. The number of fused-ring (bicyclic) bond motifs is 2. The minimum atomic E-state index is -3.56. The van der Waals surface area contributed by atoms with Gasteiger partial charge in [-0.25, -0.2) is 8.42 Å². The third-order valence-electron chi connectivity index (χ3n) is 5.46. The Morgan fingerprint density at radius 3 is 2.18 bits per heavy atom. The first-order valence-electron chi connectivity index (χ1n) is 9.39. The normalized spacial score (nSPS) is 14.8. The summed E-state index contributed by atoms with van der Waals surface area (Å²) in [6.07, 6.45) is 0. The number of hydrogen-bond donors (Lipinski definition) is 0. The number of hydrogen-bond acceptors (Lipinski definition) is 2. The molecule has 140 valence electrons. The molecule has 5 rings (SSSR count). The van der Waals surface area contributed by atoms with Crippen LogP contribution >= 0.6 is 0 Å². The van der Waals surface area contributed by atoms with E-state index in [1.54, 1.807) is 18.2 Å². The molecular weight excluding hydrogens is 366 g/mol. The fourth-order valence-electron chi connectivity index (χ4n) is 4.16. The molecule has 0 spiro atoms. The lowest BCUT2D eigenvalue weighted by Gasteiger charge is -2.26. The van der Waals surface area contributed by atoms with Crippen molar-refractivity contribution in [3.63, 3.8) is 0 Å². The molecule has 1 aliphatic rings. The Labute approximate surface area is 165 Å². The van der Waals surface area contributed by atoms with E-state index in [0.717, 1.165) is 33.4 Å². The summed E-state index contributed by atoms with van der Waals surface area (Å²) < 4.78 is 28.9. The zero-order valence-corrected chi connectivity index (χ0v) is 16.9. The second kappa shape index (κ2) is 5.58. The third kappa shape index (κ3) is 2.24. The molecule has 2 heterocycles. The van der Waals surface area contributed by atoms with Crippen LogP contribution in [0.3, 0.4) is 0 Å². The van der Waals surface area contributed by atoms with Gasteiger partial charge in [-0.1, -0.05) is 69.3 Å². The molecule has 0 saturated heterocycles. The number of rotatable bonds is 1. The minimum Gasteiger partial charge on any atom is -0.310 e. The van der Waals surface area contributed by atoms with E-state index >= 15 is 0 Å². The van der Waals surface area contributed by atoms with Crippen LogP contribution in [0.15, 0.2) is 82.6 Å². The Morgan fingerprint density at radius 2 is 1.46 bits per heavy atom. The number of nitrogens with zero attached hydrogens (tertiary/aromatic N) is 1. The van der Waals surface area contributed by atoms with Crippen molar-refractivity contribution < 1.29 is 8.42 Å². The van der Waals surface area contributed by atoms with Crippen LogP contribution in [0.2, 0.25) is 0 Å². The van der Waals surface area contributed by atoms with Crippen molar-refractivity contribution in [2.75, 3.05) is 0 Å². The van der Waals surface area contributed by atoms with E-state index in [2.05, 4.69) is 43.5 Å². The fourth-order valence-corrected chi connectivity index (χ4v) is 5.79. The predicted octanol–water partition coefficient (Wildman–Crippen LogP) is 5.74. The molecular formula is C24H21NO2S. The van der Waals surface area contributed by atoms with Crippen LogP contribution in [0.25, 0.3) is 27.7 Å². The van der Waals surface area contributed by atoms with Gasteiger partial charge in [0.1, 0.15) is 0 Å². The van der Waals surface area contributed by atoms with Gasteiger partial charge in [-0.15, -0.1) is 0 Å². The number of sulfone groups is 1. The van der Waals surface area contributed by atoms with Gasteiger partial charge in [0.15, 0.2) is 0 Å². The van der Waals surface area contributed by atoms with E-state index in [-0.39, 0.29) is 5.41 Å². The van der Waals surface area contributed by atoms with Gasteiger partial charge in [0.2, 0.25) is 9.84 Å². The summed E-state index contributed by atoms with van der Waals surface area (Å²) in [5, 5.41) is 0.978. The Balaban J connectivity index is 2.02. The molecule has 1 aliphatic heterocycles. The lowest BCUT2D eigenvalue weighted by molar-refractivity contribution is 0.554. The molecule has 0 bridgehead atoms. The van der Waals surface area contributed by atoms with Gasteiger partial charge in [0.25, 0.3) is 0 Å². The fraction of sp³-hybridized carbons (Fsp3) is 0.167. The monoisotopic (exact) mass is 387 g/mol. The molecule has 0 radical (unpaired) electrons. The summed E-state index contributed by atoms with van der Waals surface area (Å²) in [7, 11) is -3.56. The van der Waals surface area contributed by atoms with E-state index in [4.69, 9.17) is 0 Å². The maximum absolute atomic E-state index is 13.4. The van der Waals surface area contributed by atoms with E-state index < -0.39 is 9.84 Å². The van der Waals surface area contributed by atoms with Gasteiger partial charge in [-0.3, -0.25) is 0 Å². The van der Waals surface area contributed by atoms with Gasteiger partial charge >= 0.3 is 0 Å². The highest BCUT2D eigenvalue weighted by Gasteiger charge is 2.35. The van der Waals surface area contributed by atoms with E-state index in [0.29, 0.717) is 9.79 Å². The standard InChI is InChI=1S/C24H21NO2S/c1-24(2,3)22-15-18-17(16-9-5-4-6-10-16)13-14-21-23(18)25(22)19-11-7-8-12-20(19)28(21,26)27/h4-15H,1-3H3. The maximum atomic E-state index is 13.4. The summed E-state index contributed by atoms with van der Waals surface area (Å²) >= 11 is 0. The van der Waals surface area contributed by atoms with Crippen LogP contribution in [-0.4, -0.2) is 13.0 Å². The lowest BCUT2D eigenvalue weighted by atomic mass is 9.91. The second-order valence-electron chi connectivity index (χ2n) is 8.33. The van der Waals surface area contributed by atoms with Gasteiger partial charge < -0.3 is 4.57 Å². The van der Waals surface area contributed by atoms with Crippen LogP contribution in [0.1, 0.15) is 26.5 Å². The first-order chi connectivity index (χ1) is 13.3. The molecule has 3 aromatic carbocycles. The van der Waals surface area contributed by atoms with E-state index in [1.165, 1.54) is 0 Å². The molecule has 4 aromatic rings. The van der Waals surface area contributed by atoms with Crippen molar-refractivity contribution >= 4 is 20.7 Å². The molecule has 0 aliphatic carbocycles. The summed E-state index contributed by atoms with van der Waals surface area (Å²) in [5.74, 6) is 0. The molecule has 0 atom stereocenters. The van der Waals surface area contributed by atoms with Crippen molar-refractivity contribution in [2.45, 2.75) is 36.0 Å². The zero-order valence-electron chi connectivity index (χ0n) is 16.1. The van der Waals surface area contributed by atoms with Crippen molar-refractivity contribution in [3.8, 4) is 16.8 Å². The minimum absolute atomic E-state index is 0.140. The van der Waals surface area contributed by atoms with Crippen molar-refractivity contribution in [2.24, 2.45) is 0 Å². The first-order valence-corrected chi connectivity index (χ1v) is 10.9. The predicted molar refractivity (Wildman–Crippen MR) is 113 cm³/mol. The summed E-state index contributed by atoms with van der Waals surface area (Å²) in [6.45, 7) is 6.49.